The third-order valence-electron chi connectivity index (χ3n) is 3.51. The van der Waals surface area contributed by atoms with Gasteiger partial charge in [0.1, 0.15) is 5.82 Å². The Labute approximate surface area is 113 Å². The zero-order valence-electron chi connectivity index (χ0n) is 10.9. The average molecular weight is 286 g/mol. The number of hydrogen-bond donors (Lipinski definition) is 2. The Morgan fingerprint density at radius 3 is 2.95 bits per heavy atom. The first kappa shape index (κ1) is 14.4. The highest BCUT2D eigenvalue weighted by Crippen LogP contribution is 2.18. The van der Waals surface area contributed by atoms with Crippen LogP contribution in [0.3, 0.4) is 0 Å². The van der Waals surface area contributed by atoms with Gasteiger partial charge in [-0.2, -0.15) is 0 Å². The fraction of sp³-hybridized carbons (Fsp3) is 0.538. The van der Waals surface area contributed by atoms with Gasteiger partial charge in [0.2, 0.25) is 10.0 Å². The molecule has 1 aromatic rings. The summed E-state index contributed by atoms with van der Waals surface area (Å²) in [7, 11) is -3.62. The second kappa shape index (κ2) is 5.98. The normalized spacial score (nSPS) is 19.8. The summed E-state index contributed by atoms with van der Waals surface area (Å²) in [5, 5.41) is 3.24. The Kier molecular flexibility index (Phi) is 4.54. The van der Waals surface area contributed by atoms with Gasteiger partial charge in [-0.25, -0.2) is 17.5 Å². The van der Waals surface area contributed by atoms with Gasteiger partial charge in [0, 0.05) is 12.1 Å². The number of nitrogens with one attached hydrogen (secondary N) is 2. The van der Waals surface area contributed by atoms with Crippen molar-refractivity contribution < 1.29 is 12.8 Å². The minimum Gasteiger partial charge on any atom is -0.316 e. The summed E-state index contributed by atoms with van der Waals surface area (Å²) in [4.78, 5) is 0.0250. The molecule has 19 heavy (non-hydrogen) atoms. The lowest BCUT2D eigenvalue weighted by Crippen LogP contribution is -2.27. The van der Waals surface area contributed by atoms with Crippen LogP contribution < -0.4 is 10.0 Å². The summed E-state index contributed by atoms with van der Waals surface area (Å²) in [6, 6.07) is 4.11. The third kappa shape index (κ3) is 3.52. The third-order valence-corrected chi connectivity index (χ3v) is 5.12. The molecule has 1 heterocycles. The summed E-state index contributed by atoms with van der Waals surface area (Å²) >= 11 is 0. The Morgan fingerprint density at radius 1 is 1.47 bits per heavy atom. The molecule has 0 radical (unpaired) electrons. The van der Waals surface area contributed by atoms with E-state index in [0.29, 0.717) is 12.5 Å². The molecule has 0 saturated carbocycles. The van der Waals surface area contributed by atoms with Gasteiger partial charge in [-0.3, -0.25) is 0 Å². The van der Waals surface area contributed by atoms with E-state index in [0.717, 1.165) is 25.9 Å². The predicted octanol–water partition coefficient (Wildman–Crippen LogP) is 1.41. The quantitative estimate of drug-likeness (QED) is 0.860. The lowest BCUT2D eigenvalue weighted by Gasteiger charge is -2.11. The van der Waals surface area contributed by atoms with Crippen LogP contribution in [-0.2, 0) is 10.0 Å². The lowest BCUT2D eigenvalue weighted by molar-refractivity contribution is 0.518. The molecular weight excluding hydrogens is 267 g/mol. The summed E-state index contributed by atoms with van der Waals surface area (Å²) in [6.07, 6.45) is 1.89. The molecule has 4 nitrogen and oxygen atoms in total. The summed E-state index contributed by atoms with van der Waals surface area (Å²) in [6.45, 7) is 3.82. The second-order valence-electron chi connectivity index (χ2n) is 4.91. The SMILES string of the molecule is Cc1c(F)cccc1S(=O)(=O)NCCC1CCNC1. The van der Waals surface area contributed by atoms with Crippen molar-refractivity contribution >= 4 is 10.0 Å². The lowest BCUT2D eigenvalue weighted by atomic mass is 10.1. The van der Waals surface area contributed by atoms with Crippen LogP contribution in [-0.4, -0.2) is 28.1 Å². The molecule has 1 unspecified atom stereocenters. The van der Waals surface area contributed by atoms with Gasteiger partial charge < -0.3 is 5.32 Å². The summed E-state index contributed by atoms with van der Waals surface area (Å²) in [5.41, 5.74) is 0.164. The molecule has 1 aliphatic rings. The van der Waals surface area contributed by atoms with Gasteiger partial charge in [-0.1, -0.05) is 6.07 Å². The maximum Gasteiger partial charge on any atom is 0.240 e. The Hall–Kier alpha value is -0.980. The number of rotatable bonds is 5. The van der Waals surface area contributed by atoms with Crippen LogP contribution in [0.25, 0.3) is 0 Å². The van der Waals surface area contributed by atoms with E-state index < -0.39 is 15.8 Å². The van der Waals surface area contributed by atoms with Crippen molar-refractivity contribution in [1.29, 1.82) is 0 Å². The maximum atomic E-state index is 13.4. The van der Waals surface area contributed by atoms with E-state index in [9.17, 15) is 12.8 Å². The van der Waals surface area contributed by atoms with Crippen molar-refractivity contribution in [2.24, 2.45) is 5.92 Å². The summed E-state index contributed by atoms with van der Waals surface area (Å²) in [5.74, 6) is 0.0270. The number of halogens is 1. The van der Waals surface area contributed by atoms with Crippen LogP contribution in [0.4, 0.5) is 4.39 Å². The molecule has 0 bridgehead atoms. The minimum atomic E-state index is -3.62. The highest BCUT2D eigenvalue weighted by Gasteiger charge is 2.20. The number of hydrogen-bond acceptors (Lipinski definition) is 3. The van der Waals surface area contributed by atoms with Crippen molar-refractivity contribution in [2.45, 2.75) is 24.7 Å². The zero-order chi connectivity index (χ0) is 13.9. The Morgan fingerprint density at radius 2 is 2.26 bits per heavy atom. The van der Waals surface area contributed by atoms with Gasteiger partial charge in [0.05, 0.1) is 4.90 Å². The highest BCUT2D eigenvalue weighted by atomic mass is 32.2. The molecule has 2 rings (SSSR count). The molecule has 1 atom stereocenters. The molecule has 0 aliphatic carbocycles. The monoisotopic (exact) mass is 286 g/mol. The first-order valence-corrected chi connectivity index (χ1v) is 7.94. The Balaban J connectivity index is 1.99. The fourth-order valence-electron chi connectivity index (χ4n) is 2.31. The molecule has 1 aliphatic heterocycles. The van der Waals surface area contributed by atoms with Crippen molar-refractivity contribution in [3.63, 3.8) is 0 Å². The van der Waals surface area contributed by atoms with Crippen LogP contribution in [0.2, 0.25) is 0 Å². The van der Waals surface area contributed by atoms with Gasteiger partial charge in [0.25, 0.3) is 0 Å². The van der Waals surface area contributed by atoms with Crippen LogP contribution in [0.15, 0.2) is 23.1 Å². The van der Waals surface area contributed by atoms with Crippen molar-refractivity contribution in [3.05, 3.63) is 29.6 Å². The Bertz CT molecular complexity index is 540. The number of benzene rings is 1. The molecule has 6 heteroatoms. The molecule has 0 aromatic heterocycles. The smallest absolute Gasteiger partial charge is 0.240 e. The molecule has 106 valence electrons. The summed E-state index contributed by atoms with van der Waals surface area (Å²) < 4.78 is 40.1. The molecule has 0 amide bonds. The second-order valence-corrected chi connectivity index (χ2v) is 6.64. The van der Waals surface area contributed by atoms with Crippen molar-refractivity contribution in [2.75, 3.05) is 19.6 Å². The molecule has 2 N–H and O–H groups in total. The van der Waals surface area contributed by atoms with Gasteiger partial charge >= 0.3 is 0 Å². The topological polar surface area (TPSA) is 58.2 Å². The maximum absolute atomic E-state index is 13.4. The van der Waals surface area contributed by atoms with Gasteiger partial charge in [-0.05, 0) is 50.9 Å². The van der Waals surface area contributed by atoms with Gasteiger partial charge in [-0.15, -0.1) is 0 Å². The van der Waals surface area contributed by atoms with E-state index in [1.54, 1.807) is 0 Å². The first-order valence-electron chi connectivity index (χ1n) is 6.46. The van der Waals surface area contributed by atoms with E-state index in [-0.39, 0.29) is 10.5 Å². The zero-order valence-corrected chi connectivity index (χ0v) is 11.8. The molecule has 1 aromatic carbocycles. The van der Waals surface area contributed by atoms with Crippen LogP contribution in [0.5, 0.6) is 0 Å². The van der Waals surface area contributed by atoms with Crippen LogP contribution in [0.1, 0.15) is 18.4 Å². The van der Waals surface area contributed by atoms with Gasteiger partial charge in [0.15, 0.2) is 0 Å². The van der Waals surface area contributed by atoms with E-state index in [2.05, 4.69) is 10.0 Å². The fourth-order valence-corrected chi connectivity index (χ4v) is 3.62. The first-order chi connectivity index (χ1) is 9.00. The molecule has 1 fully saturated rings. The minimum absolute atomic E-state index is 0.0250. The predicted molar refractivity (Wildman–Crippen MR) is 71.9 cm³/mol. The molecule has 1 saturated heterocycles. The van der Waals surface area contributed by atoms with E-state index >= 15 is 0 Å². The van der Waals surface area contributed by atoms with Crippen LogP contribution >= 0.6 is 0 Å². The number of sulfonamides is 1. The standard InChI is InChI=1S/C13H19FN2O2S/c1-10-12(14)3-2-4-13(10)19(17,18)16-8-6-11-5-7-15-9-11/h2-4,11,15-16H,5-9H2,1H3. The van der Waals surface area contributed by atoms with Crippen molar-refractivity contribution in [3.8, 4) is 0 Å². The van der Waals surface area contributed by atoms with E-state index in [4.69, 9.17) is 0 Å². The largest absolute Gasteiger partial charge is 0.316 e. The molecular formula is C13H19FN2O2S. The van der Waals surface area contributed by atoms with E-state index in [1.165, 1.54) is 25.1 Å². The van der Waals surface area contributed by atoms with E-state index in [1.807, 2.05) is 0 Å². The highest BCUT2D eigenvalue weighted by molar-refractivity contribution is 7.89. The average Bonchev–Trinajstić information content (AvgIpc) is 2.85. The molecule has 0 spiro atoms. The van der Waals surface area contributed by atoms with Crippen LogP contribution in [0, 0.1) is 18.7 Å². The van der Waals surface area contributed by atoms with Crippen molar-refractivity contribution in [1.82, 2.24) is 10.0 Å².